The number of imide groups is 1. The van der Waals surface area contributed by atoms with Crippen LogP contribution in [0.4, 0.5) is 4.79 Å². The summed E-state index contributed by atoms with van der Waals surface area (Å²) in [6.45, 7) is -0.273. The molecule has 1 aromatic carbocycles. The minimum Gasteiger partial charge on any atom is -0.452 e. The van der Waals surface area contributed by atoms with Gasteiger partial charge in [0.25, 0.3) is 5.91 Å². The molecule has 0 atom stereocenters. The maximum Gasteiger partial charge on any atom is 0.340 e. The summed E-state index contributed by atoms with van der Waals surface area (Å²) in [6.07, 6.45) is 0.973. The van der Waals surface area contributed by atoms with Crippen LogP contribution in [0, 0.1) is 0 Å². The Balaban J connectivity index is 2.62. The summed E-state index contributed by atoms with van der Waals surface area (Å²) in [5.74, 6) is -1.86. The Bertz CT molecular complexity index is 764. The highest BCUT2D eigenvalue weighted by Gasteiger charge is 2.18. The van der Waals surface area contributed by atoms with Crippen LogP contribution >= 0.6 is 11.6 Å². The number of urea groups is 1. The Labute approximate surface area is 149 Å². The van der Waals surface area contributed by atoms with Crippen molar-refractivity contribution in [2.75, 3.05) is 33.1 Å². The molecule has 0 aliphatic carbocycles. The van der Waals surface area contributed by atoms with E-state index in [0.29, 0.717) is 0 Å². The number of ether oxygens (including phenoxy) is 2. The van der Waals surface area contributed by atoms with E-state index in [9.17, 15) is 22.8 Å². The number of carbonyl (C=O) groups is 3. The average Bonchev–Trinajstić information content (AvgIpc) is 2.52. The number of benzene rings is 1. The van der Waals surface area contributed by atoms with Gasteiger partial charge in [-0.15, -0.1) is 0 Å². The summed E-state index contributed by atoms with van der Waals surface area (Å²) in [6, 6.07) is 2.76. The molecule has 1 aromatic rings. The Morgan fingerprint density at radius 2 is 1.92 bits per heavy atom. The summed E-state index contributed by atoms with van der Waals surface area (Å²) >= 11 is 5.84. The maximum atomic E-state index is 11.9. The summed E-state index contributed by atoms with van der Waals surface area (Å²) in [7, 11) is -2.09. The summed E-state index contributed by atoms with van der Waals surface area (Å²) in [4.78, 5) is 34.7. The molecule has 25 heavy (non-hydrogen) atoms. The monoisotopic (exact) mass is 392 g/mol. The zero-order chi connectivity index (χ0) is 19.0. The Morgan fingerprint density at radius 3 is 2.52 bits per heavy atom. The Hall–Kier alpha value is -2.17. The van der Waals surface area contributed by atoms with E-state index in [-0.39, 0.29) is 28.6 Å². The molecule has 0 bridgehead atoms. The van der Waals surface area contributed by atoms with E-state index in [1.807, 2.05) is 5.32 Å². The molecule has 0 aliphatic heterocycles. The normalized spacial score (nSPS) is 10.8. The lowest BCUT2D eigenvalue weighted by Crippen LogP contribution is -2.42. The number of nitrogens with one attached hydrogen (secondary N) is 2. The zero-order valence-electron chi connectivity index (χ0n) is 13.5. The molecule has 0 saturated carbocycles. The van der Waals surface area contributed by atoms with Crippen molar-refractivity contribution in [2.45, 2.75) is 4.90 Å². The van der Waals surface area contributed by atoms with E-state index in [0.717, 1.165) is 12.3 Å². The molecule has 0 aliphatic rings. The summed E-state index contributed by atoms with van der Waals surface area (Å²) < 4.78 is 32.5. The highest BCUT2D eigenvalue weighted by Crippen LogP contribution is 2.21. The predicted molar refractivity (Wildman–Crippen MR) is 88.3 cm³/mol. The molecule has 0 saturated heterocycles. The van der Waals surface area contributed by atoms with Crippen molar-refractivity contribution < 1.29 is 32.3 Å². The van der Waals surface area contributed by atoms with Gasteiger partial charge in [0.1, 0.15) is 0 Å². The molecule has 0 aromatic heterocycles. The SMILES string of the molecule is COCCNC(=O)NC(=O)COC(=O)c1cc(S(C)(=O)=O)ccc1Cl. The number of rotatable bonds is 7. The maximum absolute atomic E-state index is 11.9. The first-order chi connectivity index (χ1) is 11.6. The average molecular weight is 393 g/mol. The van der Waals surface area contributed by atoms with Crippen LogP contribution in [0.15, 0.2) is 23.1 Å². The number of amides is 3. The largest absolute Gasteiger partial charge is 0.452 e. The van der Waals surface area contributed by atoms with Gasteiger partial charge in [-0.25, -0.2) is 18.0 Å². The summed E-state index contributed by atoms with van der Waals surface area (Å²) in [5.41, 5.74) is -0.207. The van der Waals surface area contributed by atoms with Crippen molar-refractivity contribution >= 4 is 39.3 Å². The van der Waals surface area contributed by atoms with E-state index in [1.54, 1.807) is 0 Å². The van der Waals surface area contributed by atoms with Crippen LogP contribution in [0.1, 0.15) is 10.4 Å². The van der Waals surface area contributed by atoms with Crippen molar-refractivity contribution in [1.82, 2.24) is 10.6 Å². The Morgan fingerprint density at radius 1 is 1.24 bits per heavy atom. The van der Waals surface area contributed by atoms with E-state index in [1.165, 1.54) is 19.2 Å². The van der Waals surface area contributed by atoms with E-state index >= 15 is 0 Å². The molecule has 0 spiro atoms. The van der Waals surface area contributed by atoms with Gasteiger partial charge in [-0.2, -0.15) is 0 Å². The first-order valence-corrected chi connectivity index (χ1v) is 9.15. The fraction of sp³-hybridized carbons (Fsp3) is 0.357. The van der Waals surface area contributed by atoms with E-state index < -0.39 is 34.4 Å². The third-order valence-corrected chi connectivity index (χ3v) is 4.20. The molecule has 0 unspecified atom stereocenters. The van der Waals surface area contributed by atoms with Gasteiger partial charge < -0.3 is 14.8 Å². The van der Waals surface area contributed by atoms with Crippen LogP contribution in [-0.4, -0.2) is 59.4 Å². The Kier molecular flexibility index (Phi) is 7.81. The minimum absolute atomic E-state index is 0.0323. The standard InChI is InChI=1S/C14H17ClN2O7S/c1-23-6-5-16-14(20)17-12(18)8-24-13(19)10-7-9(25(2,21)22)3-4-11(10)15/h3-4,7H,5-6,8H2,1-2H3,(H2,16,17,18,20). The van der Waals surface area contributed by atoms with Gasteiger partial charge in [0.05, 0.1) is 22.1 Å². The number of hydrogen-bond acceptors (Lipinski definition) is 7. The van der Waals surface area contributed by atoms with Crippen molar-refractivity contribution in [3.8, 4) is 0 Å². The molecule has 9 nitrogen and oxygen atoms in total. The molecule has 0 fully saturated rings. The second-order valence-electron chi connectivity index (χ2n) is 4.79. The lowest BCUT2D eigenvalue weighted by molar-refractivity contribution is -0.123. The fourth-order valence-electron chi connectivity index (χ4n) is 1.57. The molecular formula is C14H17ClN2O7S. The number of methoxy groups -OCH3 is 1. The topological polar surface area (TPSA) is 128 Å². The third-order valence-electron chi connectivity index (χ3n) is 2.76. The number of halogens is 1. The van der Waals surface area contributed by atoms with Gasteiger partial charge >= 0.3 is 12.0 Å². The number of esters is 1. The smallest absolute Gasteiger partial charge is 0.340 e. The fourth-order valence-corrected chi connectivity index (χ4v) is 2.42. The van der Waals surface area contributed by atoms with Crippen LogP contribution < -0.4 is 10.6 Å². The van der Waals surface area contributed by atoms with Gasteiger partial charge in [-0.3, -0.25) is 10.1 Å². The highest BCUT2D eigenvalue weighted by atomic mass is 35.5. The number of hydrogen-bond donors (Lipinski definition) is 2. The quantitative estimate of drug-likeness (QED) is 0.506. The van der Waals surface area contributed by atoms with Crippen LogP contribution in [0.2, 0.25) is 5.02 Å². The minimum atomic E-state index is -3.54. The van der Waals surface area contributed by atoms with E-state index in [2.05, 4.69) is 5.32 Å². The lowest BCUT2D eigenvalue weighted by atomic mass is 10.2. The molecule has 11 heteroatoms. The van der Waals surface area contributed by atoms with Crippen LogP contribution in [0.3, 0.4) is 0 Å². The van der Waals surface area contributed by atoms with Gasteiger partial charge in [0.15, 0.2) is 16.4 Å². The molecule has 138 valence electrons. The predicted octanol–water partition coefficient (Wildman–Crippen LogP) is 0.373. The van der Waals surface area contributed by atoms with Gasteiger partial charge in [0, 0.05) is 19.9 Å². The van der Waals surface area contributed by atoms with Crippen molar-refractivity contribution in [2.24, 2.45) is 0 Å². The first-order valence-electron chi connectivity index (χ1n) is 6.88. The number of carbonyl (C=O) groups excluding carboxylic acids is 3. The van der Waals surface area contributed by atoms with Gasteiger partial charge in [-0.05, 0) is 18.2 Å². The first kappa shape index (κ1) is 20.9. The highest BCUT2D eigenvalue weighted by molar-refractivity contribution is 7.90. The van der Waals surface area contributed by atoms with Crippen LogP contribution in [0.5, 0.6) is 0 Å². The van der Waals surface area contributed by atoms with Gasteiger partial charge in [0.2, 0.25) is 0 Å². The zero-order valence-corrected chi connectivity index (χ0v) is 15.1. The number of sulfone groups is 1. The second-order valence-corrected chi connectivity index (χ2v) is 7.21. The second kappa shape index (κ2) is 9.35. The molecule has 0 radical (unpaired) electrons. The van der Waals surface area contributed by atoms with Crippen molar-refractivity contribution in [3.63, 3.8) is 0 Å². The van der Waals surface area contributed by atoms with Crippen LogP contribution in [-0.2, 0) is 24.1 Å². The third kappa shape index (κ3) is 7.08. The van der Waals surface area contributed by atoms with Crippen molar-refractivity contribution in [1.29, 1.82) is 0 Å². The van der Waals surface area contributed by atoms with E-state index in [4.69, 9.17) is 21.1 Å². The summed E-state index contributed by atoms with van der Waals surface area (Å²) in [5, 5.41) is 4.26. The molecule has 0 heterocycles. The lowest BCUT2D eigenvalue weighted by Gasteiger charge is -2.08. The molecule has 2 N–H and O–H groups in total. The molecular weight excluding hydrogens is 376 g/mol. The van der Waals surface area contributed by atoms with Crippen molar-refractivity contribution in [3.05, 3.63) is 28.8 Å². The van der Waals surface area contributed by atoms with Crippen LogP contribution in [0.25, 0.3) is 0 Å². The molecule has 3 amide bonds. The molecule has 1 rings (SSSR count). The van der Waals surface area contributed by atoms with Gasteiger partial charge in [-0.1, -0.05) is 11.6 Å².